The topological polar surface area (TPSA) is 172 Å². The lowest BCUT2D eigenvalue weighted by molar-refractivity contribution is -0.161. The van der Waals surface area contributed by atoms with Gasteiger partial charge in [0.15, 0.2) is 6.10 Å². The standard InChI is InChI=1S/C51H90NO10P/c1-3-5-7-9-11-13-15-17-19-21-23-25-27-29-31-33-35-37-39-41-43-50(54)62-47(45-60-63(57,58)61-46-48(52)51(55)56)44-59-49(53)42-40-38-36-34-32-30-28-26-24-22-20-18-16-14-12-10-8-6-4-2/h12,14,18,20,24,26,30,32,36,38,47-48H,3-11,13,15-17,19,21-23,25,27-29,31,33-35,37,39-46,52H2,1-2H3,(H,55,56)(H,57,58)/b14-12+,20-18+,26-24+,32-30+,38-36+/t47-,48+/m1/s1. The number of esters is 2. The van der Waals surface area contributed by atoms with Crippen molar-refractivity contribution < 1.29 is 47.5 Å². The number of ether oxygens (including phenoxy) is 2. The van der Waals surface area contributed by atoms with E-state index in [4.69, 9.17) is 24.8 Å². The first-order chi connectivity index (χ1) is 30.6. The summed E-state index contributed by atoms with van der Waals surface area (Å²) in [4.78, 5) is 46.1. The molecule has 11 nitrogen and oxygen atoms in total. The van der Waals surface area contributed by atoms with E-state index in [2.05, 4.69) is 67.0 Å². The van der Waals surface area contributed by atoms with Crippen molar-refractivity contribution in [3.8, 4) is 0 Å². The molecule has 0 aromatic heterocycles. The van der Waals surface area contributed by atoms with Gasteiger partial charge in [-0.15, -0.1) is 0 Å². The summed E-state index contributed by atoms with van der Waals surface area (Å²) in [5, 5.41) is 8.91. The second-order valence-corrected chi connectivity index (χ2v) is 18.1. The Morgan fingerprint density at radius 2 is 0.873 bits per heavy atom. The Morgan fingerprint density at radius 1 is 0.492 bits per heavy atom. The van der Waals surface area contributed by atoms with E-state index in [1.807, 2.05) is 12.2 Å². The Bertz CT molecular complexity index is 1300. The number of carbonyl (C=O) groups excluding carboxylic acids is 2. The normalized spacial score (nSPS) is 14.1. The Hall–Kier alpha value is -2.82. The Balaban J connectivity index is 4.37. The predicted molar refractivity (Wildman–Crippen MR) is 258 cm³/mol. The lowest BCUT2D eigenvalue weighted by atomic mass is 10.0. The fraction of sp³-hybridized carbons (Fsp3) is 0.745. The summed E-state index contributed by atoms with van der Waals surface area (Å²) in [6, 6.07) is -1.53. The summed E-state index contributed by atoms with van der Waals surface area (Å²) in [5.41, 5.74) is 5.34. The van der Waals surface area contributed by atoms with Crippen LogP contribution >= 0.6 is 7.82 Å². The van der Waals surface area contributed by atoms with Crippen LogP contribution in [0.1, 0.15) is 213 Å². The smallest absolute Gasteiger partial charge is 0.472 e. The molecule has 0 aromatic rings. The van der Waals surface area contributed by atoms with Crippen LogP contribution in [0.15, 0.2) is 60.8 Å². The van der Waals surface area contributed by atoms with Crippen molar-refractivity contribution >= 4 is 25.7 Å². The molecule has 0 rings (SSSR count). The maximum absolute atomic E-state index is 12.7. The van der Waals surface area contributed by atoms with E-state index in [1.165, 1.54) is 128 Å². The number of carbonyl (C=O) groups is 3. The summed E-state index contributed by atoms with van der Waals surface area (Å²) >= 11 is 0. The molecule has 0 radical (unpaired) electrons. The molecule has 0 heterocycles. The number of carboxylic acid groups (broad SMARTS) is 1. The number of allylic oxidation sites excluding steroid dienone is 10. The summed E-state index contributed by atoms with van der Waals surface area (Å²) in [6.07, 6.45) is 54.4. The second-order valence-electron chi connectivity index (χ2n) is 16.6. The van der Waals surface area contributed by atoms with Crippen LogP contribution in [0.2, 0.25) is 0 Å². The van der Waals surface area contributed by atoms with Gasteiger partial charge in [-0.1, -0.05) is 209 Å². The molecule has 0 aliphatic heterocycles. The lowest BCUT2D eigenvalue weighted by Crippen LogP contribution is -2.34. The molecule has 4 N–H and O–H groups in total. The zero-order chi connectivity index (χ0) is 46.3. The van der Waals surface area contributed by atoms with Crippen molar-refractivity contribution in [2.24, 2.45) is 5.73 Å². The molecule has 1 unspecified atom stereocenters. The van der Waals surface area contributed by atoms with Crippen LogP contribution in [0.5, 0.6) is 0 Å². The molecule has 0 aromatic carbocycles. The van der Waals surface area contributed by atoms with Crippen molar-refractivity contribution in [1.29, 1.82) is 0 Å². The van der Waals surface area contributed by atoms with Crippen LogP contribution in [0.3, 0.4) is 0 Å². The van der Waals surface area contributed by atoms with Gasteiger partial charge in [0.25, 0.3) is 0 Å². The van der Waals surface area contributed by atoms with Gasteiger partial charge in [-0.05, 0) is 51.4 Å². The molecule has 63 heavy (non-hydrogen) atoms. The second kappa shape index (κ2) is 45.7. The van der Waals surface area contributed by atoms with Crippen molar-refractivity contribution in [1.82, 2.24) is 0 Å². The summed E-state index contributed by atoms with van der Waals surface area (Å²) in [6.45, 7) is 2.73. The van der Waals surface area contributed by atoms with Crippen LogP contribution in [0.25, 0.3) is 0 Å². The lowest BCUT2D eigenvalue weighted by Gasteiger charge is -2.20. The fourth-order valence-electron chi connectivity index (χ4n) is 6.64. The number of phosphoric ester groups is 1. The highest BCUT2D eigenvalue weighted by Gasteiger charge is 2.28. The van der Waals surface area contributed by atoms with E-state index in [1.54, 1.807) is 0 Å². The first-order valence-corrected chi connectivity index (χ1v) is 26.3. The number of rotatable bonds is 46. The predicted octanol–water partition coefficient (Wildman–Crippen LogP) is 13.9. The summed E-state index contributed by atoms with van der Waals surface area (Å²) in [5.74, 6) is -2.48. The van der Waals surface area contributed by atoms with Crippen molar-refractivity contribution in [2.45, 2.75) is 225 Å². The molecule has 0 saturated heterocycles. The molecule has 0 aliphatic carbocycles. The molecule has 0 saturated carbocycles. The zero-order valence-corrected chi connectivity index (χ0v) is 40.5. The van der Waals surface area contributed by atoms with E-state index in [0.29, 0.717) is 12.8 Å². The third-order valence-electron chi connectivity index (χ3n) is 10.5. The van der Waals surface area contributed by atoms with Crippen LogP contribution in [0.4, 0.5) is 0 Å². The van der Waals surface area contributed by atoms with Gasteiger partial charge in [0.1, 0.15) is 12.6 Å². The monoisotopic (exact) mass is 908 g/mol. The number of unbranched alkanes of at least 4 members (excludes halogenated alkanes) is 22. The summed E-state index contributed by atoms with van der Waals surface area (Å²) < 4.78 is 32.7. The number of aliphatic carboxylic acids is 1. The minimum Gasteiger partial charge on any atom is -0.480 e. The van der Waals surface area contributed by atoms with E-state index in [0.717, 1.165) is 44.9 Å². The highest BCUT2D eigenvalue weighted by atomic mass is 31.2. The fourth-order valence-corrected chi connectivity index (χ4v) is 7.42. The highest BCUT2D eigenvalue weighted by Crippen LogP contribution is 2.43. The van der Waals surface area contributed by atoms with Gasteiger partial charge in [-0.3, -0.25) is 23.4 Å². The van der Waals surface area contributed by atoms with Gasteiger partial charge >= 0.3 is 25.7 Å². The van der Waals surface area contributed by atoms with Crippen LogP contribution in [0, 0.1) is 0 Å². The number of hydrogen-bond acceptors (Lipinski definition) is 9. The molecule has 0 fully saturated rings. The molecule has 3 atom stereocenters. The van der Waals surface area contributed by atoms with Gasteiger partial charge < -0.3 is 25.2 Å². The SMILES string of the molecule is CCCCC/C=C/C/C=C/C/C=C/C/C=C/C/C=C/CCC(=O)OC[C@H](COP(=O)(O)OC[C@H](N)C(=O)O)OC(=O)CCCCCCCCCCCCCCCCCCCCCC. The first kappa shape index (κ1) is 60.2. The van der Waals surface area contributed by atoms with E-state index < -0.39 is 51.1 Å². The van der Waals surface area contributed by atoms with Crippen LogP contribution in [-0.4, -0.2) is 59.9 Å². The summed E-state index contributed by atoms with van der Waals surface area (Å²) in [7, 11) is -4.74. The van der Waals surface area contributed by atoms with Crippen LogP contribution in [-0.2, 0) is 37.5 Å². The van der Waals surface area contributed by atoms with Crippen molar-refractivity contribution in [3.05, 3.63) is 60.8 Å². The van der Waals surface area contributed by atoms with E-state index in [9.17, 15) is 23.8 Å². The quantitative estimate of drug-likeness (QED) is 0.0230. The largest absolute Gasteiger partial charge is 0.480 e. The molecule has 364 valence electrons. The maximum Gasteiger partial charge on any atom is 0.472 e. The molecule has 0 bridgehead atoms. The van der Waals surface area contributed by atoms with Gasteiger partial charge in [-0.25, -0.2) is 4.57 Å². The number of phosphoric acid groups is 1. The van der Waals surface area contributed by atoms with E-state index in [-0.39, 0.29) is 19.4 Å². The van der Waals surface area contributed by atoms with Gasteiger partial charge in [0, 0.05) is 12.8 Å². The first-order valence-electron chi connectivity index (χ1n) is 24.8. The van der Waals surface area contributed by atoms with Gasteiger partial charge in [-0.2, -0.15) is 0 Å². The minimum absolute atomic E-state index is 0.0979. The maximum atomic E-state index is 12.7. The molecular weight excluding hydrogens is 818 g/mol. The Kier molecular flexibility index (Phi) is 43.7. The molecule has 0 amide bonds. The van der Waals surface area contributed by atoms with E-state index >= 15 is 0 Å². The Morgan fingerprint density at radius 3 is 1.32 bits per heavy atom. The molecule has 0 aliphatic rings. The highest BCUT2D eigenvalue weighted by molar-refractivity contribution is 7.47. The van der Waals surface area contributed by atoms with Crippen molar-refractivity contribution in [2.75, 3.05) is 19.8 Å². The van der Waals surface area contributed by atoms with Crippen LogP contribution < -0.4 is 5.73 Å². The number of hydrogen-bond donors (Lipinski definition) is 3. The molecule has 12 heteroatoms. The third kappa shape index (κ3) is 45.5. The third-order valence-corrected chi connectivity index (χ3v) is 11.5. The van der Waals surface area contributed by atoms with Gasteiger partial charge in [0.05, 0.1) is 13.2 Å². The molecule has 0 spiro atoms. The van der Waals surface area contributed by atoms with Crippen molar-refractivity contribution in [3.63, 3.8) is 0 Å². The average Bonchev–Trinajstić information content (AvgIpc) is 3.26. The van der Waals surface area contributed by atoms with Gasteiger partial charge in [0.2, 0.25) is 0 Å². The Labute approximate surface area is 383 Å². The molecular formula is C51H90NO10P. The number of carboxylic acids is 1. The zero-order valence-electron chi connectivity index (χ0n) is 39.7. The average molecular weight is 908 g/mol. The minimum atomic E-state index is -4.74. The number of nitrogens with two attached hydrogens (primary N) is 1.